The third kappa shape index (κ3) is 4.16. The summed E-state index contributed by atoms with van der Waals surface area (Å²) >= 11 is 5.87. The number of benzene rings is 1. The Labute approximate surface area is 119 Å². The number of rotatable bonds is 3. The molecule has 100 valence electrons. The van der Waals surface area contributed by atoms with Crippen LogP contribution < -0.4 is 10.6 Å². The van der Waals surface area contributed by atoms with Gasteiger partial charge in [0.2, 0.25) is 5.91 Å². The monoisotopic (exact) mass is 288 g/mol. The molecule has 1 aromatic rings. The Morgan fingerprint density at radius 3 is 2.94 bits per heavy atom. The molecule has 1 heterocycles. The molecule has 1 aliphatic rings. The van der Waals surface area contributed by atoms with Gasteiger partial charge in [0, 0.05) is 23.2 Å². The van der Waals surface area contributed by atoms with E-state index in [0.717, 1.165) is 30.6 Å². The highest BCUT2D eigenvalue weighted by Gasteiger charge is 2.17. The summed E-state index contributed by atoms with van der Waals surface area (Å²) in [6.45, 7) is 2.97. The Morgan fingerprint density at radius 2 is 2.33 bits per heavy atom. The number of nitrogens with one attached hydrogen (secondary N) is 2. The van der Waals surface area contributed by atoms with Crippen LogP contribution in [-0.2, 0) is 4.79 Å². The molecule has 2 N–H and O–H groups in total. The smallest absolute Gasteiger partial charge is 0.225 e. The van der Waals surface area contributed by atoms with Crippen molar-refractivity contribution in [2.24, 2.45) is 0 Å². The molecule has 0 radical (unpaired) electrons. The molecule has 0 aromatic heterocycles. The second-order valence-corrected chi connectivity index (χ2v) is 4.94. The van der Waals surface area contributed by atoms with E-state index in [4.69, 9.17) is 11.6 Å². The van der Waals surface area contributed by atoms with Crippen molar-refractivity contribution in [1.82, 2.24) is 5.32 Å². The first-order chi connectivity index (χ1) is 8.15. The zero-order valence-electron chi connectivity index (χ0n) is 10.3. The molecule has 1 atom stereocenters. The van der Waals surface area contributed by atoms with Crippen molar-refractivity contribution in [3.63, 3.8) is 0 Å². The van der Waals surface area contributed by atoms with E-state index in [1.54, 1.807) is 6.07 Å². The summed E-state index contributed by atoms with van der Waals surface area (Å²) in [7, 11) is 0. The van der Waals surface area contributed by atoms with Gasteiger partial charge < -0.3 is 10.6 Å². The minimum atomic E-state index is 0. The Kier molecular flexibility index (Phi) is 5.93. The van der Waals surface area contributed by atoms with Crippen LogP contribution in [-0.4, -0.2) is 18.5 Å². The van der Waals surface area contributed by atoms with Crippen LogP contribution in [0.15, 0.2) is 18.2 Å². The molecule has 0 aliphatic carbocycles. The van der Waals surface area contributed by atoms with E-state index in [9.17, 15) is 4.79 Å². The van der Waals surface area contributed by atoms with Crippen molar-refractivity contribution >= 4 is 35.6 Å². The largest absolute Gasteiger partial charge is 0.326 e. The lowest BCUT2D eigenvalue weighted by Gasteiger charge is -2.12. The summed E-state index contributed by atoms with van der Waals surface area (Å²) in [4.78, 5) is 11.8. The molecule has 1 unspecified atom stereocenters. The normalized spacial score (nSPS) is 18.2. The van der Waals surface area contributed by atoms with Crippen molar-refractivity contribution in [2.75, 3.05) is 11.9 Å². The second-order valence-electron chi connectivity index (χ2n) is 4.50. The van der Waals surface area contributed by atoms with Crippen molar-refractivity contribution in [3.8, 4) is 0 Å². The van der Waals surface area contributed by atoms with Gasteiger partial charge in [0.15, 0.2) is 0 Å². The lowest BCUT2D eigenvalue weighted by molar-refractivity contribution is -0.116. The van der Waals surface area contributed by atoms with E-state index >= 15 is 0 Å². The van der Waals surface area contributed by atoms with Gasteiger partial charge in [-0.2, -0.15) is 0 Å². The van der Waals surface area contributed by atoms with Gasteiger partial charge >= 0.3 is 0 Å². The molecule has 1 amide bonds. The maximum Gasteiger partial charge on any atom is 0.225 e. The van der Waals surface area contributed by atoms with Gasteiger partial charge in [0.05, 0.1) is 0 Å². The SMILES string of the molecule is Cc1cc(Cl)ccc1NC(=O)CC1CCCN1.Cl. The molecular weight excluding hydrogens is 271 g/mol. The van der Waals surface area contributed by atoms with Gasteiger partial charge in [-0.25, -0.2) is 0 Å². The minimum absolute atomic E-state index is 0. The molecule has 1 fully saturated rings. The quantitative estimate of drug-likeness (QED) is 0.897. The molecule has 3 nitrogen and oxygen atoms in total. The summed E-state index contributed by atoms with van der Waals surface area (Å²) in [5.74, 6) is 0.0647. The van der Waals surface area contributed by atoms with Gasteiger partial charge in [-0.3, -0.25) is 4.79 Å². The topological polar surface area (TPSA) is 41.1 Å². The number of amides is 1. The standard InChI is InChI=1S/C13H17ClN2O.ClH/c1-9-7-10(14)4-5-12(9)16-13(17)8-11-3-2-6-15-11;/h4-5,7,11,15H,2-3,6,8H2,1H3,(H,16,17);1H. The van der Waals surface area contributed by atoms with E-state index in [0.29, 0.717) is 17.5 Å². The summed E-state index contributed by atoms with van der Waals surface area (Å²) in [5, 5.41) is 6.93. The Bertz CT molecular complexity index is 417. The Balaban J connectivity index is 0.00000162. The average molecular weight is 289 g/mol. The van der Waals surface area contributed by atoms with Crippen molar-refractivity contribution < 1.29 is 4.79 Å². The number of carbonyl (C=O) groups excluding carboxylic acids is 1. The van der Waals surface area contributed by atoms with E-state index in [1.807, 2.05) is 19.1 Å². The highest BCUT2D eigenvalue weighted by molar-refractivity contribution is 6.30. The second kappa shape index (κ2) is 6.98. The first kappa shape index (κ1) is 15.3. The summed E-state index contributed by atoms with van der Waals surface area (Å²) in [5.41, 5.74) is 1.84. The maximum atomic E-state index is 11.8. The predicted molar refractivity (Wildman–Crippen MR) is 77.7 cm³/mol. The van der Waals surface area contributed by atoms with Crippen LogP contribution >= 0.6 is 24.0 Å². The molecule has 0 bridgehead atoms. The molecule has 0 spiro atoms. The molecule has 1 aliphatic heterocycles. The van der Waals surface area contributed by atoms with Crippen molar-refractivity contribution in [1.29, 1.82) is 0 Å². The van der Waals surface area contributed by atoms with E-state index in [2.05, 4.69) is 10.6 Å². The fraction of sp³-hybridized carbons (Fsp3) is 0.462. The Morgan fingerprint density at radius 1 is 1.56 bits per heavy atom. The third-order valence-corrected chi connectivity index (χ3v) is 3.29. The lowest BCUT2D eigenvalue weighted by Crippen LogP contribution is -2.27. The fourth-order valence-electron chi connectivity index (χ4n) is 2.12. The first-order valence-corrected chi connectivity index (χ1v) is 6.32. The molecule has 18 heavy (non-hydrogen) atoms. The van der Waals surface area contributed by atoms with Crippen LogP contribution in [0.2, 0.25) is 5.02 Å². The highest BCUT2D eigenvalue weighted by atomic mass is 35.5. The number of halogens is 2. The van der Waals surface area contributed by atoms with Gasteiger partial charge in [0.1, 0.15) is 0 Å². The van der Waals surface area contributed by atoms with Gasteiger partial charge in [-0.05, 0) is 50.1 Å². The summed E-state index contributed by atoms with van der Waals surface area (Å²) in [6, 6.07) is 5.82. The van der Waals surface area contributed by atoms with E-state index in [-0.39, 0.29) is 18.3 Å². The molecule has 1 saturated heterocycles. The zero-order valence-corrected chi connectivity index (χ0v) is 11.9. The van der Waals surface area contributed by atoms with Crippen molar-refractivity contribution in [2.45, 2.75) is 32.2 Å². The number of aryl methyl sites for hydroxylation is 1. The van der Waals surface area contributed by atoms with Crippen LogP contribution in [0, 0.1) is 6.92 Å². The van der Waals surface area contributed by atoms with Crippen LogP contribution in [0.1, 0.15) is 24.8 Å². The van der Waals surface area contributed by atoms with Gasteiger partial charge in [-0.15, -0.1) is 12.4 Å². The number of hydrogen-bond donors (Lipinski definition) is 2. The zero-order chi connectivity index (χ0) is 12.3. The fourth-order valence-corrected chi connectivity index (χ4v) is 2.35. The molecule has 5 heteroatoms. The number of anilines is 1. The molecule has 2 rings (SSSR count). The van der Waals surface area contributed by atoms with E-state index in [1.165, 1.54) is 0 Å². The minimum Gasteiger partial charge on any atom is -0.326 e. The molecule has 0 saturated carbocycles. The summed E-state index contributed by atoms with van der Waals surface area (Å²) < 4.78 is 0. The average Bonchev–Trinajstić information content (AvgIpc) is 2.75. The van der Waals surface area contributed by atoms with Crippen LogP contribution in [0.4, 0.5) is 5.69 Å². The first-order valence-electron chi connectivity index (χ1n) is 5.94. The third-order valence-electron chi connectivity index (χ3n) is 3.06. The number of carbonyl (C=O) groups is 1. The van der Waals surface area contributed by atoms with Crippen LogP contribution in [0.5, 0.6) is 0 Å². The number of hydrogen-bond acceptors (Lipinski definition) is 2. The Hall–Kier alpha value is -0.770. The molecular formula is C13H18Cl2N2O. The van der Waals surface area contributed by atoms with E-state index < -0.39 is 0 Å². The van der Waals surface area contributed by atoms with Crippen molar-refractivity contribution in [3.05, 3.63) is 28.8 Å². The summed E-state index contributed by atoms with van der Waals surface area (Å²) in [6.07, 6.45) is 2.80. The molecule has 1 aromatic carbocycles. The lowest BCUT2D eigenvalue weighted by atomic mass is 10.1. The van der Waals surface area contributed by atoms with Gasteiger partial charge in [0.25, 0.3) is 0 Å². The maximum absolute atomic E-state index is 11.8. The van der Waals surface area contributed by atoms with Crippen LogP contribution in [0.25, 0.3) is 0 Å². The highest BCUT2D eigenvalue weighted by Crippen LogP contribution is 2.20. The van der Waals surface area contributed by atoms with Gasteiger partial charge in [-0.1, -0.05) is 11.6 Å². The van der Waals surface area contributed by atoms with Crippen LogP contribution in [0.3, 0.4) is 0 Å². The predicted octanol–water partition coefficient (Wildman–Crippen LogP) is 3.15.